The fourth-order valence-corrected chi connectivity index (χ4v) is 5.00. The number of anilines is 1. The zero-order valence-electron chi connectivity index (χ0n) is 18.3. The predicted molar refractivity (Wildman–Crippen MR) is 116 cm³/mol. The van der Waals surface area contributed by atoms with Gasteiger partial charge in [0.1, 0.15) is 0 Å². The van der Waals surface area contributed by atoms with E-state index in [1.807, 2.05) is 4.90 Å². The van der Waals surface area contributed by atoms with Crippen molar-refractivity contribution in [3.63, 3.8) is 0 Å². The second kappa shape index (κ2) is 9.70. The van der Waals surface area contributed by atoms with Crippen molar-refractivity contribution in [3.8, 4) is 6.07 Å². The molecule has 0 spiro atoms. The van der Waals surface area contributed by atoms with Crippen LogP contribution in [0.1, 0.15) is 44.1 Å². The molecule has 2 aliphatic carbocycles. The lowest BCUT2D eigenvalue weighted by Gasteiger charge is -2.37. The molecule has 3 aliphatic rings. The lowest BCUT2D eigenvalue weighted by Crippen LogP contribution is -2.47. The summed E-state index contributed by atoms with van der Waals surface area (Å²) in [6, 6.07) is 8.02. The number of hydrogen-bond acceptors (Lipinski definition) is 4. The Morgan fingerprint density at radius 3 is 2.47 bits per heavy atom. The highest BCUT2D eigenvalue weighted by atomic mass is 19.4. The molecule has 1 aromatic carbocycles. The van der Waals surface area contributed by atoms with Gasteiger partial charge in [0, 0.05) is 37.9 Å². The van der Waals surface area contributed by atoms with Gasteiger partial charge in [-0.15, -0.1) is 0 Å². The van der Waals surface area contributed by atoms with Gasteiger partial charge in [-0.2, -0.15) is 18.4 Å². The Kier molecular flexibility index (Phi) is 6.94. The third-order valence-electron chi connectivity index (χ3n) is 7.25. The van der Waals surface area contributed by atoms with Gasteiger partial charge in [-0.05, 0) is 69.2 Å². The van der Waals surface area contributed by atoms with E-state index in [1.54, 1.807) is 6.07 Å². The van der Waals surface area contributed by atoms with E-state index in [0.717, 1.165) is 70.9 Å². The molecular formula is C24H31F3N4O. The first-order chi connectivity index (χ1) is 15.3. The second-order valence-corrected chi connectivity index (χ2v) is 9.47. The Bertz CT molecular complexity index is 836. The average molecular weight is 449 g/mol. The fraction of sp³-hybridized carbons (Fsp3) is 0.667. The van der Waals surface area contributed by atoms with E-state index in [4.69, 9.17) is 5.26 Å². The van der Waals surface area contributed by atoms with E-state index >= 15 is 0 Å². The van der Waals surface area contributed by atoms with Crippen molar-refractivity contribution < 1.29 is 18.0 Å². The summed E-state index contributed by atoms with van der Waals surface area (Å²) in [4.78, 5) is 16.6. The summed E-state index contributed by atoms with van der Waals surface area (Å²) in [5.74, 6) is 0.545. The average Bonchev–Trinajstić information content (AvgIpc) is 3.59. The van der Waals surface area contributed by atoms with Crippen LogP contribution in [0, 0.1) is 29.1 Å². The van der Waals surface area contributed by atoms with Crippen molar-refractivity contribution in [2.45, 2.75) is 50.7 Å². The van der Waals surface area contributed by atoms with E-state index in [9.17, 15) is 18.0 Å². The van der Waals surface area contributed by atoms with Crippen LogP contribution in [0.2, 0.25) is 0 Å². The zero-order valence-corrected chi connectivity index (χ0v) is 18.3. The number of rotatable bonds is 6. The van der Waals surface area contributed by atoms with Gasteiger partial charge in [0.05, 0.1) is 23.5 Å². The molecule has 8 heteroatoms. The van der Waals surface area contributed by atoms with Crippen LogP contribution in [0.5, 0.6) is 0 Å². The standard InChI is InChI=1S/C24H31F3N4O/c25-24(26,27)19-2-1-3-21(15-19)31-12-10-30(11-13-31)9-8-17-4-6-20(7-5-17)29-23(32)22-14-18(22)16-28/h1-3,15,17-18,20,22H,4-14H2,(H,29,32)/t17?,18-,20?,22?/m0/s1. The molecule has 0 bridgehead atoms. The van der Waals surface area contributed by atoms with Crippen molar-refractivity contribution >= 4 is 11.6 Å². The minimum Gasteiger partial charge on any atom is -0.369 e. The van der Waals surface area contributed by atoms with Crippen LogP contribution in [0.25, 0.3) is 0 Å². The van der Waals surface area contributed by atoms with Gasteiger partial charge in [-0.25, -0.2) is 0 Å². The molecule has 1 aromatic rings. The van der Waals surface area contributed by atoms with Crippen LogP contribution in [0.3, 0.4) is 0 Å². The number of nitrogens with one attached hydrogen (secondary N) is 1. The molecule has 174 valence electrons. The van der Waals surface area contributed by atoms with E-state index < -0.39 is 11.7 Å². The largest absolute Gasteiger partial charge is 0.416 e. The molecule has 2 saturated carbocycles. The molecule has 1 N–H and O–H groups in total. The molecule has 1 amide bonds. The van der Waals surface area contributed by atoms with Gasteiger partial charge >= 0.3 is 6.18 Å². The summed E-state index contributed by atoms with van der Waals surface area (Å²) < 4.78 is 38.9. The van der Waals surface area contributed by atoms with Crippen LogP contribution < -0.4 is 10.2 Å². The number of carbonyl (C=O) groups excluding carboxylic acids is 1. The molecule has 0 aromatic heterocycles. The van der Waals surface area contributed by atoms with Crippen molar-refractivity contribution in [2.24, 2.45) is 17.8 Å². The first-order valence-corrected chi connectivity index (χ1v) is 11.7. The molecule has 1 aliphatic heterocycles. The van der Waals surface area contributed by atoms with Crippen molar-refractivity contribution in [2.75, 3.05) is 37.6 Å². The smallest absolute Gasteiger partial charge is 0.369 e. The SMILES string of the molecule is N#C[C@@H]1CC1C(=O)NC1CCC(CCN2CCN(c3cccc(C(F)(F)F)c3)CC2)CC1. The fourth-order valence-electron chi connectivity index (χ4n) is 5.00. The number of alkyl halides is 3. The minimum absolute atomic E-state index is 0.0543. The normalized spacial score (nSPS) is 28.8. The van der Waals surface area contributed by atoms with Crippen molar-refractivity contribution in [1.29, 1.82) is 5.26 Å². The summed E-state index contributed by atoms with van der Waals surface area (Å²) in [5, 5.41) is 12.0. The molecule has 1 saturated heterocycles. The van der Waals surface area contributed by atoms with Crippen LogP contribution in [0.4, 0.5) is 18.9 Å². The molecule has 4 rings (SSSR count). The Balaban J connectivity index is 1.14. The summed E-state index contributed by atoms with van der Waals surface area (Å²) >= 11 is 0. The molecule has 3 fully saturated rings. The number of carbonyl (C=O) groups is 1. The van der Waals surface area contributed by atoms with E-state index in [-0.39, 0.29) is 23.8 Å². The van der Waals surface area contributed by atoms with Crippen molar-refractivity contribution in [3.05, 3.63) is 29.8 Å². The first-order valence-electron chi connectivity index (χ1n) is 11.7. The third-order valence-corrected chi connectivity index (χ3v) is 7.25. The quantitative estimate of drug-likeness (QED) is 0.713. The highest BCUT2D eigenvalue weighted by molar-refractivity contribution is 5.82. The van der Waals surface area contributed by atoms with Crippen LogP contribution in [0.15, 0.2) is 24.3 Å². The number of amides is 1. The molecule has 1 unspecified atom stereocenters. The van der Waals surface area contributed by atoms with Crippen molar-refractivity contribution in [1.82, 2.24) is 10.2 Å². The maximum Gasteiger partial charge on any atom is 0.416 e. The Hall–Kier alpha value is -2.27. The number of nitrogens with zero attached hydrogens (tertiary/aromatic N) is 3. The Morgan fingerprint density at radius 1 is 1.12 bits per heavy atom. The lowest BCUT2D eigenvalue weighted by molar-refractivity contribution is -0.137. The second-order valence-electron chi connectivity index (χ2n) is 9.47. The molecular weight excluding hydrogens is 417 g/mol. The molecule has 1 heterocycles. The maximum atomic E-state index is 13.0. The predicted octanol–water partition coefficient (Wildman–Crippen LogP) is 4.05. The summed E-state index contributed by atoms with van der Waals surface area (Å²) in [7, 11) is 0. The van der Waals surface area contributed by atoms with E-state index in [2.05, 4.69) is 16.3 Å². The maximum absolute atomic E-state index is 13.0. The number of benzene rings is 1. The van der Waals surface area contributed by atoms with Gasteiger partial charge in [-0.1, -0.05) is 6.07 Å². The highest BCUT2D eigenvalue weighted by Crippen LogP contribution is 2.38. The number of piperazine rings is 1. The first kappa shape index (κ1) is 22.9. The number of halogens is 3. The topological polar surface area (TPSA) is 59.4 Å². The lowest BCUT2D eigenvalue weighted by atomic mass is 9.84. The third kappa shape index (κ3) is 5.74. The van der Waals surface area contributed by atoms with Gasteiger partial charge in [0.15, 0.2) is 0 Å². The van der Waals surface area contributed by atoms with Crippen LogP contribution in [-0.2, 0) is 11.0 Å². The molecule has 0 radical (unpaired) electrons. The summed E-state index contributed by atoms with van der Waals surface area (Å²) in [6.07, 6.45) is 1.76. The van der Waals surface area contributed by atoms with E-state index in [0.29, 0.717) is 18.0 Å². The number of nitriles is 1. The summed E-state index contributed by atoms with van der Waals surface area (Å²) in [5.41, 5.74) is 0.0540. The van der Waals surface area contributed by atoms with Gasteiger partial charge < -0.3 is 10.2 Å². The van der Waals surface area contributed by atoms with Gasteiger partial charge in [0.2, 0.25) is 5.91 Å². The molecule has 32 heavy (non-hydrogen) atoms. The molecule has 5 nitrogen and oxygen atoms in total. The number of hydrogen-bond donors (Lipinski definition) is 1. The Morgan fingerprint density at radius 2 is 1.84 bits per heavy atom. The molecule has 2 atom stereocenters. The van der Waals surface area contributed by atoms with Gasteiger partial charge in [0.25, 0.3) is 0 Å². The van der Waals surface area contributed by atoms with Crippen LogP contribution in [-0.4, -0.2) is 49.6 Å². The highest BCUT2D eigenvalue weighted by Gasteiger charge is 2.44. The van der Waals surface area contributed by atoms with Gasteiger partial charge in [-0.3, -0.25) is 9.69 Å². The van der Waals surface area contributed by atoms with E-state index in [1.165, 1.54) is 12.1 Å². The monoisotopic (exact) mass is 448 g/mol. The van der Waals surface area contributed by atoms with Crippen LogP contribution >= 0.6 is 0 Å². The Labute approximate surface area is 187 Å². The zero-order chi connectivity index (χ0) is 22.7. The minimum atomic E-state index is -4.31. The summed E-state index contributed by atoms with van der Waals surface area (Å²) in [6.45, 7) is 4.23.